The molecule has 4 aromatic heterocycles. The number of alkyl halides is 3. The average Bonchev–Trinajstić information content (AvgIpc) is 3.34. The van der Waals surface area contributed by atoms with Crippen LogP contribution in [0.1, 0.15) is 80.7 Å². The number of carbonyl (C=O) groups excluding carboxylic acids is 2. The molecule has 250 valence electrons. The molecular weight excluding hydrogens is 611 g/mol. The van der Waals surface area contributed by atoms with Crippen molar-refractivity contribution >= 4 is 28.5 Å². The highest BCUT2D eigenvalue weighted by atomic mass is 19.4. The molecule has 2 bridgehead atoms. The minimum Gasteiger partial charge on any atom is -0.482 e. The molecule has 4 atom stereocenters. The van der Waals surface area contributed by atoms with E-state index >= 15 is 0 Å². The van der Waals surface area contributed by atoms with Crippen molar-refractivity contribution < 1.29 is 27.5 Å². The van der Waals surface area contributed by atoms with Gasteiger partial charge in [0.25, 0.3) is 5.91 Å². The summed E-state index contributed by atoms with van der Waals surface area (Å²) in [7, 11) is 1.57. The number of carbonyl (C=O) groups is 2. The van der Waals surface area contributed by atoms with E-state index in [0.717, 1.165) is 62.7 Å². The lowest BCUT2D eigenvalue weighted by atomic mass is 9.91. The summed E-state index contributed by atoms with van der Waals surface area (Å²) >= 11 is 0. The van der Waals surface area contributed by atoms with Gasteiger partial charge in [0.2, 0.25) is 5.91 Å². The number of aryl methyl sites for hydroxylation is 1. The zero-order valence-corrected chi connectivity index (χ0v) is 27.2. The fourth-order valence-electron chi connectivity index (χ4n) is 7.20. The van der Waals surface area contributed by atoms with Gasteiger partial charge in [-0.2, -0.15) is 13.2 Å². The van der Waals surface area contributed by atoms with Crippen LogP contribution in [0.5, 0.6) is 5.88 Å². The first kappa shape index (κ1) is 31.5. The molecule has 4 aromatic rings. The zero-order chi connectivity index (χ0) is 33.6. The van der Waals surface area contributed by atoms with E-state index in [1.807, 2.05) is 34.4 Å². The van der Waals surface area contributed by atoms with Crippen LogP contribution in [0.4, 0.5) is 13.2 Å². The van der Waals surface area contributed by atoms with Gasteiger partial charge < -0.3 is 25.3 Å². The summed E-state index contributed by atoms with van der Waals surface area (Å²) in [6.07, 6.45) is 0.189. The summed E-state index contributed by atoms with van der Waals surface area (Å²) in [5.74, 6) is -0.207. The molecule has 2 aliphatic heterocycles. The van der Waals surface area contributed by atoms with Crippen LogP contribution < -0.4 is 15.8 Å². The molecule has 0 unspecified atom stereocenters. The van der Waals surface area contributed by atoms with E-state index in [-0.39, 0.29) is 24.0 Å². The highest BCUT2D eigenvalue weighted by molar-refractivity contribution is 5.97. The summed E-state index contributed by atoms with van der Waals surface area (Å²) in [5, 5.41) is 3.35. The SMILES string of the molecule is COc1cc(C(=O)N2[C@H]3CC[C@@H]2[C@H](N)C3)cc2nc(-c3cc4ccc([C@@H](C)NC(=O)C(C)(C)C(F)(F)F)nc4n3CC3CC3)c(C)n12. The number of nitrogens with one attached hydrogen (secondary N) is 1. The zero-order valence-electron chi connectivity index (χ0n) is 27.2. The molecule has 10 nitrogen and oxygen atoms in total. The molecule has 1 aliphatic carbocycles. The van der Waals surface area contributed by atoms with Gasteiger partial charge in [0, 0.05) is 41.7 Å². The molecule has 0 radical (unpaired) electrons. The fourth-order valence-corrected chi connectivity index (χ4v) is 7.20. The molecule has 2 amide bonds. The molecule has 3 aliphatic rings. The second-order valence-corrected chi connectivity index (χ2v) is 14.0. The normalized spacial score (nSPS) is 22.0. The molecule has 1 saturated carbocycles. The predicted octanol–water partition coefficient (Wildman–Crippen LogP) is 5.55. The van der Waals surface area contributed by atoms with Crippen molar-refractivity contribution in [1.29, 1.82) is 0 Å². The van der Waals surface area contributed by atoms with Gasteiger partial charge in [-0.15, -0.1) is 0 Å². The van der Waals surface area contributed by atoms with E-state index in [9.17, 15) is 22.8 Å². The largest absolute Gasteiger partial charge is 0.482 e. The standard InChI is InChI=1S/C34H40F3N7O3/c1-17(39-32(46)33(3,4)34(35,36)37)24-10-8-20-12-26(42(30(20)40-24)16-19-6-7-19)29-18(2)43-27(41-29)13-21(14-28(43)47-5)31(45)44-22-9-11-25(44)23(38)15-22/h8,10,12-14,17,19,22-23,25H,6-7,9,11,15-16,38H2,1-5H3,(H,39,46)/t17-,22+,23-,25-/m1/s1. The molecular formula is C34H40F3N7O3. The van der Waals surface area contributed by atoms with E-state index in [2.05, 4.69) is 9.88 Å². The van der Waals surface area contributed by atoms with Crippen molar-refractivity contribution in [1.82, 2.24) is 29.2 Å². The van der Waals surface area contributed by atoms with Crippen molar-refractivity contribution in [2.45, 2.75) is 96.7 Å². The van der Waals surface area contributed by atoms with Gasteiger partial charge in [-0.05, 0) is 90.0 Å². The molecule has 2 saturated heterocycles. The lowest BCUT2D eigenvalue weighted by Gasteiger charge is -2.28. The number of fused-ring (bicyclic) bond motifs is 4. The monoisotopic (exact) mass is 651 g/mol. The number of halogens is 3. The summed E-state index contributed by atoms with van der Waals surface area (Å²) in [5.41, 5.74) is 8.37. The number of hydrogen-bond donors (Lipinski definition) is 2. The van der Waals surface area contributed by atoms with Gasteiger partial charge in [-0.3, -0.25) is 14.0 Å². The first-order chi connectivity index (χ1) is 22.2. The van der Waals surface area contributed by atoms with Crippen LogP contribution in [0.2, 0.25) is 0 Å². The Bertz CT molecular complexity index is 1910. The van der Waals surface area contributed by atoms with Gasteiger partial charge in [0.15, 0.2) is 5.88 Å². The van der Waals surface area contributed by atoms with E-state index in [0.29, 0.717) is 46.6 Å². The number of ether oxygens (including phenoxy) is 1. The maximum Gasteiger partial charge on any atom is 0.402 e. The summed E-state index contributed by atoms with van der Waals surface area (Å²) in [6, 6.07) is 8.64. The van der Waals surface area contributed by atoms with Gasteiger partial charge in [0.05, 0.1) is 30.2 Å². The molecule has 6 heterocycles. The van der Waals surface area contributed by atoms with Crippen LogP contribution in [0, 0.1) is 18.3 Å². The average molecular weight is 652 g/mol. The van der Waals surface area contributed by atoms with Crippen LogP contribution >= 0.6 is 0 Å². The van der Waals surface area contributed by atoms with Crippen molar-refractivity contribution in [3.05, 3.63) is 47.3 Å². The number of nitrogens with two attached hydrogens (primary N) is 1. The third-order valence-electron chi connectivity index (χ3n) is 10.4. The van der Waals surface area contributed by atoms with Crippen molar-refractivity contribution in [3.8, 4) is 17.3 Å². The molecule has 7 rings (SSSR count). The van der Waals surface area contributed by atoms with Crippen LogP contribution in [-0.4, -0.2) is 67.1 Å². The Labute approximate surface area is 270 Å². The number of hydrogen-bond acceptors (Lipinski definition) is 6. The Morgan fingerprint density at radius 3 is 2.47 bits per heavy atom. The number of rotatable bonds is 8. The highest BCUT2D eigenvalue weighted by Gasteiger charge is 2.53. The first-order valence-electron chi connectivity index (χ1n) is 16.2. The highest BCUT2D eigenvalue weighted by Crippen LogP contribution is 2.41. The number of imidazole rings is 1. The van der Waals surface area contributed by atoms with Crippen LogP contribution in [0.15, 0.2) is 30.3 Å². The molecule has 0 aromatic carbocycles. The molecule has 3 N–H and O–H groups in total. The smallest absolute Gasteiger partial charge is 0.402 e. The molecule has 47 heavy (non-hydrogen) atoms. The lowest BCUT2D eigenvalue weighted by Crippen LogP contribution is -2.47. The second kappa shape index (κ2) is 11.0. The number of pyridine rings is 2. The Kier molecular flexibility index (Phi) is 7.34. The van der Waals surface area contributed by atoms with Crippen molar-refractivity contribution in [2.75, 3.05) is 7.11 Å². The molecule has 13 heteroatoms. The Hall–Kier alpha value is -4.13. The Morgan fingerprint density at radius 1 is 1.11 bits per heavy atom. The molecule has 3 fully saturated rings. The van der Waals surface area contributed by atoms with Crippen LogP contribution in [0.25, 0.3) is 28.1 Å². The topological polar surface area (TPSA) is 120 Å². The Morgan fingerprint density at radius 2 is 1.85 bits per heavy atom. The van der Waals surface area contributed by atoms with Gasteiger partial charge in [-0.1, -0.05) is 0 Å². The maximum absolute atomic E-state index is 13.8. The third-order valence-corrected chi connectivity index (χ3v) is 10.4. The van der Waals surface area contributed by atoms with E-state index in [1.54, 1.807) is 26.2 Å². The second-order valence-electron chi connectivity index (χ2n) is 14.0. The maximum atomic E-state index is 13.8. The predicted molar refractivity (Wildman–Crippen MR) is 170 cm³/mol. The van der Waals surface area contributed by atoms with Crippen LogP contribution in [0.3, 0.4) is 0 Å². The summed E-state index contributed by atoms with van der Waals surface area (Å²) in [4.78, 5) is 38.2. The van der Waals surface area contributed by atoms with E-state index in [1.165, 1.54) is 0 Å². The van der Waals surface area contributed by atoms with E-state index in [4.69, 9.17) is 20.4 Å². The summed E-state index contributed by atoms with van der Waals surface area (Å²) < 4.78 is 50.3. The third kappa shape index (κ3) is 5.13. The van der Waals surface area contributed by atoms with E-state index < -0.39 is 23.5 Å². The summed E-state index contributed by atoms with van der Waals surface area (Å²) in [6.45, 7) is 6.03. The van der Waals surface area contributed by atoms with Crippen molar-refractivity contribution in [2.24, 2.45) is 17.1 Å². The van der Waals surface area contributed by atoms with Gasteiger partial charge in [0.1, 0.15) is 22.4 Å². The number of nitrogens with zero attached hydrogens (tertiary/aromatic N) is 5. The fraction of sp³-hybridized carbons (Fsp3) is 0.529. The minimum atomic E-state index is -4.69. The van der Waals surface area contributed by atoms with Gasteiger partial charge >= 0.3 is 6.18 Å². The lowest BCUT2D eigenvalue weighted by molar-refractivity contribution is -0.211. The first-order valence-corrected chi connectivity index (χ1v) is 16.2. The minimum absolute atomic E-state index is 0.00268. The quantitative estimate of drug-likeness (QED) is 0.258. The van der Waals surface area contributed by atoms with Crippen molar-refractivity contribution in [3.63, 3.8) is 0 Å². The Balaban J connectivity index is 1.27. The molecule has 0 spiro atoms. The number of methoxy groups -OCH3 is 1. The van der Waals surface area contributed by atoms with Gasteiger partial charge in [-0.25, -0.2) is 9.97 Å². The van der Waals surface area contributed by atoms with Crippen LogP contribution in [-0.2, 0) is 11.3 Å². The number of amides is 2. The number of aromatic nitrogens is 4.